The summed E-state index contributed by atoms with van der Waals surface area (Å²) in [6, 6.07) is 3.84. The summed E-state index contributed by atoms with van der Waals surface area (Å²) in [7, 11) is 1.51. The van der Waals surface area contributed by atoms with E-state index in [1.165, 1.54) is 37.7 Å². The minimum absolute atomic E-state index is 0.0393. The van der Waals surface area contributed by atoms with Crippen LogP contribution in [0.5, 0.6) is 11.8 Å². The number of amides is 1. The molecule has 0 saturated heterocycles. The van der Waals surface area contributed by atoms with Gasteiger partial charge in [-0.05, 0) is 37.8 Å². The number of benzene rings is 1. The highest BCUT2D eigenvalue weighted by atomic mass is 35.5. The van der Waals surface area contributed by atoms with Crippen molar-refractivity contribution in [3.05, 3.63) is 51.3 Å². The van der Waals surface area contributed by atoms with Crippen LogP contribution in [0.2, 0.25) is 5.02 Å². The maximum atomic E-state index is 12.5. The molecule has 0 unspecified atom stereocenters. The molecule has 1 aromatic heterocycles. The summed E-state index contributed by atoms with van der Waals surface area (Å²) in [5, 5.41) is 14.3. The average molecular weight is 407 g/mol. The number of nitro groups is 1. The second-order valence-electron chi connectivity index (χ2n) is 6.38. The van der Waals surface area contributed by atoms with Gasteiger partial charge in [-0.2, -0.15) is 4.98 Å². The van der Waals surface area contributed by atoms with E-state index in [1.54, 1.807) is 0 Å². The van der Waals surface area contributed by atoms with Crippen LogP contribution in [0.25, 0.3) is 0 Å². The average Bonchev–Trinajstić information content (AvgIpc) is 2.69. The minimum Gasteiger partial charge on any atom is -0.480 e. The number of nitrogens with zero attached hydrogens (tertiary/aromatic N) is 3. The lowest BCUT2D eigenvalue weighted by molar-refractivity contribution is -0.385. The van der Waals surface area contributed by atoms with Crippen molar-refractivity contribution in [2.75, 3.05) is 7.11 Å². The Balaban J connectivity index is 1.56. The molecule has 1 N–H and O–H groups in total. The van der Waals surface area contributed by atoms with Crippen LogP contribution in [-0.2, 0) is 0 Å². The van der Waals surface area contributed by atoms with Crippen molar-refractivity contribution < 1.29 is 19.2 Å². The van der Waals surface area contributed by atoms with E-state index in [2.05, 4.69) is 15.3 Å². The summed E-state index contributed by atoms with van der Waals surface area (Å²) in [5.74, 6) is 0.264. The van der Waals surface area contributed by atoms with E-state index in [1.807, 2.05) is 0 Å². The Hall–Kier alpha value is -2.94. The molecule has 10 heteroatoms. The predicted octanol–water partition coefficient (Wildman–Crippen LogP) is 3.17. The third kappa shape index (κ3) is 4.86. The molecule has 1 aliphatic carbocycles. The highest BCUT2D eigenvalue weighted by Crippen LogP contribution is 2.26. The third-order valence-corrected chi connectivity index (χ3v) is 4.73. The van der Waals surface area contributed by atoms with Gasteiger partial charge in [0.05, 0.1) is 24.4 Å². The lowest BCUT2D eigenvalue weighted by atomic mass is 9.92. The molecule has 0 atom stereocenters. The molecule has 1 amide bonds. The molecule has 9 nitrogen and oxygen atoms in total. The maximum absolute atomic E-state index is 12.5. The Morgan fingerprint density at radius 3 is 2.64 bits per heavy atom. The smallest absolute Gasteiger partial charge is 0.282 e. The van der Waals surface area contributed by atoms with Crippen molar-refractivity contribution >= 4 is 23.2 Å². The van der Waals surface area contributed by atoms with E-state index >= 15 is 0 Å². The number of carbonyl (C=O) groups excluding carboxylic acids is 1. The van der Waals surface area contributed by atoms with Crippen LogP contribution in [0.15, 0.2) is 30.6 Å². The summed E-state index contributed by atoms with van der Waals surface area (Å²) in [5.41, 5.74) is -0.307. The largest absolute Gasteiger partial charge is 0.480 e. The summed E-state index contributed by atoms with van der Waals surface area (Å²) in [4.78, 5) is 31.2. The number of methoxy groups -OCH3 is 1. The van der Waals surface area contributed by atoms with Gasteiger partial charge in [0, 0.05) is 17.1 Å². The van der Waals surface area contributed by atoms with E-state index in [9.17, 15) is 14.9 Å². The molecule has 1 heterocycles. The van der Waals surface area contributed by atoms with Gasteiger partial charge in [-0.15, -0.1) is 0 Å². The van der Waals surface area contributed by atoms with Gasteiger partial charge in [0.25, 0.3) is 11.6 Å². The molecule has 148 valence electrons. The zero-order valence-electron chi connectivity index (χ0n) is 15.1. The molecular weight excluding hydrogens is 388 g/mol. The van der Waals surface area contributed by atoms with E-state index in [0.717, 1.165) is 0 Å². The van der Waals surface area contributed by atoms with Gasteiger partial charge in [0.15, 0.2) is 0 Å². The Bertz CT molecular complexity index is 871. The Morgan fingerprint density at radius 1 is 1.25 bits per heavy atom. The van der Waals surface area contributed by atoms with E-state index in [0.29, 0.717) is 37.4 Å². The lowest BCUT2D eigenvalue weighted by Gasteiger charge is -2.29. The van der Waals surface area contributed by atoms with Crippen molar-refractivity contribution in [1.29, 1.82) is 0 Å². The molecule has 0 aliphatic heterocycles. The normalized spacial score (nSPS) is 18.9. The van der Waals surface area contributed by atoms with Gasteiger partial charge < -0.3 is 14.8 Å². The molecule has 0 bridgehead atoms. The molecular formula is C18H19ClN4O5. The number of nitro benzene ring substituents is 1. The molecule has 2 aromatic rings. The Kier molecular flexibility index (Phi) is 6.25. The first-order valence-corrected chi connectivity index (χ1v) is 9.11. The summed E-state index contributed by atoms with van der Waals surface area (Å²) in [6.07, 6.45) is 5.76. The topological polar surface area (TPSA) is 116 Å². The minimum atomic E-state index is -0.592. The fourth-order valence-electron chi connectivity index (χ4n) is 3.09. The Labute approximate surface area is 166 Å². The molecule has 1 saturated carbocycles. The fraction of sp³-hybridized carbons (Fsp3) is 0.389. The molecule has 1 aromatic carbocycles. The van der Waals surface area contributed by atoms with Crippen LogP contribution in [0, 0.1) is 10.1 Å². The first kappa shape index (κ1) is 19.8. The zero-order valence-corrected chi connectivity index (χ0v) is 15.9. The first-order chi connectivity index (χ1) is 13.5. The highest BCUT2D eigenvalue weighted by Gasteiger charge is 2.27. The van der Waals surface area contributed by atoms with Crippen molar-refractivity contribution in [3.63, 3.8) is 0 Å². The number of ether oxygens (including phenoxy) is 2. The number of nitrogens with one attached hydrogen (secondary N) is 1. The number of halogens is 1. The van der Waals surface area contributed by atoms with Crippen molar-refractivity contribution in [1.82, 2.24) is 15.3 Å². The second kappa shape index (κ2) is 8.83. The van der Waals surface area contributed by atoms with Gasteiger partial charge >= 0.3 is 0 Å². The van der Waals surface area contributed by atoms with Crippen molar-refractivity contribution in [2.45, 2.75) is 37.8 Å². The third-order valence-electron chi connectivity index (χ3n) is 4.50. The molecule has 0 spiro atoms. The predicted molar refractivity (Wildman–Crippen MR) is 101 cm³/mol. The molecule has 3 rings (SSSR count). The van der Waals surface area contributed by atoms with Gasteiger partial charge in [0.1, 0.15) is 11.7 Å². The monoisotopic (exact) mass is 406 g/mol. The highest BCUT2D eigenvalue weighted by molar-refractivity contribution is 6.31. The fourth-order valence-corrected chi connectivity index (χ4v) is 3.27. The zero-order chi connectivity index (χ0) is 20.1. The molecule has 1 fully saturated rings. The van der Waals surface area contributed by atoms with E-state index in [-0.39, 0.29) is 28.4 Å². The van der Waals surface area contributed by atoms with Gasteiger partial charge in [-0.3, -0.25) is 19.9 Å². The maximum Gasteiger partial charge on any atom is 0.282 e. The summed E-state index contributed by atoms with van der Waals surface area (Å²) >= 11 is 5.89. The molecule has 28 heavy (non-hydrogen) atoms. The quantitative estimate of drug-likeness (QED) is 0.578. The van der Waals surface area contributed by atoms with Gasteiger partial charge in [-0.25, -0.2) is 0 Å². The number of hydrogen-bond donors (Lipinski definition) is 1. The summed E-state index contributed by atoms with van der Waals surface area (Å²) in [6.45, 7) is 0. The number of aromatic nitrogens is 2. The van der Waals surface area contributed by atoms with Crippen molar-refractivity contribution in [2.24, 2.45) is 0 Å². The summed E-state index contributed by atoms with van der Waals surface area (Å²) < 4.78 is 10.9. The second-order valence-corrected chi connectivity index (χ2v) is 6.82. The number of hydrogen-bond acceptors (Lipinski definition) is 7. The van der Waals surface area contributed by atoms with E-state index < -0.39 is 10.8 Å². The Morgan fingerprint density at radius 2 is 1.96 bits per heavy atom. The van der Waals surface area contributed by atoms with E-state index in [4.69, 9.17) is 21.1 Å². The lowest BCUT2D eigenvalue weighted by Crippen LogP contribution is -2.40. The van der Waals surface area contributed by atoms with Crippen LogP contribution >= 0.6 is 11.6 Å². The number of rotatable bonds is 6. The molecule has 0 radical (unpaired) electrons. The van der Waals surface area contributed by atoms with Crippen LogP contribution in [0.4, 0.5) is 5.69 Å². The standard InChI is InChI=1S/C18H19ClN4O5/c1-27-16-9-20-10-17(22-16)28-13-5-3-12(4-6-13)21-18(24)14-8-11(19)2-7-15(14)23(25)26/h2,7-10,12-13H,3-6H2,1H3,(H,21,24). The van der Waals surface area contributed by atoms with Crippen LogP contribution in [0.3, 0.4) is 0 Å². The van der Waals surface area contributed by atoms with Crippen LogP contribution in [0.1, 0.15) is 36.0 Å². The van der Waals surface area contributed by atoms with Gasteiger partial charge in [0.2, 0.25) is 11.8 Å². The van der Waals surface area contributed by atoms with Gasteiger partial charge in [-0.1, -0.05) is 11.6 Å². The van der Waals surface area contributed by atoms with Crippen LogP contribution < -0.4 is 14.8 Å². The number of carbonyl (C=O) groups is 1. The van der Waals surface area contributed by atoms with Crippen LogP contribution in [-0.4, -0.2) is 40.1 Å². The SMILES string of the molecule is COc1cncc(OC2CCC(NC(=O)c3cc(Cl)ccc3[N+](=O)[O-])CC2)n1. The van der Waals surface area contributed by atoms with Crippen molar-refractivity contribution in [3.8, 4) is 11.8 Å². The first-order valence-electron chi connectivity index (χ1n) is 8.73. The molecule has 1 aliphatic rings.